The molecule has 0 fully saturated rings. The first kappa shape index (κ1) is 13.7. The molecule has 0 unspecified atom stereocenters. The van der Waals surface area contributed by atoms with Crippen molar-refractivity contribution in [1.82, 2.24) is 9.78 Å². The van der Waals surface area contributed by atoms with Gasteiger partial charge in [-0.1, -0.05) is 17.7 Å². The van der Waals surface area contributed by atoms with Crippen LogP contribution in [0, 0.1) is 6.92 Å². The number of carboxylic acids is 1. The highest BCUT2D eigenvalue weighted by Gasteiger charge is 2.27. The molecule has 0 atom stereocenters. The monoisotopic (exact) mass is 285 g/mol. The summed E-state index contributed by atoms with van der Waals surface area (Å²) in [5.41, 5.74) is 4.48. The number of anilines is 1. The van der Waals surface area contributed by atoms with E-state index in [1.807, 2.05) is 11.6 Å². The summed E-state index contributed by atoms with van der Waals surface area (Å²) in [5.74, 6) is -0.941. The van der Waals surface area contributed by atoms with Crippen LogP contribution in [0.2, 0.25) is 0 Å². The number of carboxylic acid groups (broad SMARTS) is 1. The number of rotatable bonds is 3. The number of aromatic nitrogens is 2. The summed E-state index contributed by atoms with van der Waals surface area (Å²) >= 11 is 0. The average molecular weight is 285 g/mol. The van der Waals surface area contributed by atoms with Gasteiger partial charge in [-0.05, 0) is 26.0 Å². The molecule has 21 heavy (non-hydrogen) atoms. The van der Waals surface area contributed by atoms with E-state index in [1.165, 1.54) is 5.56 Å². The zero-order valence-electron chi connectivity index (χ0n) is 12.3. The van der Waals surface area contributed by atoms with Gasteiger partial charge in [-0.3, -0.25) is 4.68 Å². The van der Waals surface area contributed by atoms with Crippen molar-refractivity contribution in [3.05, 3.63) is 46.8 Å². The fraction of sp³-hybridized carbons (Fsp3) is 0.375. The molecule has 2 aromatic rings. The molecule has 0 bridgehead atoms. The van der Waals surface area contributed by atoms with Crippen molar-refractivity contribution in [3.63, 3.8) is 0 Å². The first-order chi connectivity index (χ1) is 10.1. The second-order valence-electron chi connectivity index (χ2n) is 5.40. The normalized spacial score (nSPS) is 14.1. The molecule has 1 aliphatic heterocycles. The molecule has 0 radical (unpaired) electrons. The second-order valence-corrected chi connectivity index (χ2v) is 5.40. The molecule has 0 saturated carbocycles. The van der Waals surface area contributed by atoms with Crippen LogP contribution in [0.4, 0.5) is 5.69 Å². The lowest BCUT2D eigenvalue weighted by Gasteiger charge is -2.29. The Hall–Kier alpha value is -2.30. The number of hydrogen-bond donors (Lipinski definition) is 1. The predicted molar refractivity (Wildman–Crippen MR) is 80.8 cm³/mol. The molecule has 0 amide bonds. The van der Waals surface area contributed by atoms with Gasteiger partial charge < -0.3 is 10.0 Å². The van der Waals surface area contributed by atoms with Crippen molar-refractivity contribution in [1.29, 1.82) is 0 Å². The smallest absolute Gasteiger partial charge is 0.356 e. The summed E-state index contributed by atoms with van der Waals surface area (Å²) in [6.07, 6.45) is 0.831. The number of aryl methyl sites for hydroxylation is 2. The standard InChI is InChI=1S/C16H19N3O2/c1-3-19-14-8-9-18(12-6-4-11(2)5-7-12)10-13(14)15(17-19)16(20)21/h4-7H,3,8-10H2,1-2H3,(H,20,21). The lowest BCUT2D eigenvalue weighted by Crippen LogP contribution is -2.31. The maximum Gasteiger partial charge on any atom is 0.356 e. The van der Waals surface area contributed by atoms with E-state index in [2.05, 4.69) is 41.2 Å². The SMILES string of the molecule is CCn1nc(C(=O)O)c2c1CCN(c1ccc(C)cc1)C2. The van der Waals surface area contributed by atoms with Crippen molar-refractivity contribution in [2.45, 2.75) is 33.4 Å². The van der Waals surface area contributed by atoms with Crippen LogP contribution in [0.5, 0.6) is 0 Å². The largest absolute Gasteiger partial charge is 0.476 e. The molecule has 1 aromatic heterocycles. The predicted octanol–water partition coefficient (Wildman–Crippen LogP) is 2.47. The molecule has 5 heteroatoms. The summed E-state index contributed by atoms with van der Waals surface area (Å²) in [4.78, 5) is 13.6. The fourth-order valence-electron chi connectivity index (χ4n) is 2.90. The molecule has 1 aromatic carbocycles. The van der Waals surface area contributed by atoms with E-state index in [0.717, 1.165) is 29.9 Å². The number of nitrogens with zero attached hydrogens (tertiary/aromatic N) is 3. The van der Waals surface area contributed by atoms with Crippen molar-refractivity contribution >= 4 is 11.7 Å². The van der Waals surface area contributed by atoms with E-state index in [4.69, 9.17) is 0 Å². The average Bonchev–Trinajstić information content (AvgIpc) is 2.86. The third-order valence-corrected chi connectivity index (χ3v) is 4.04. The van der Waals surface area contributed by atoms with E-state index in [9.17, 15) is 9.90 Å². The van der Waals surface area contributed by atoms with Gasteiger partial charge in [0.05, 0.1) is 0 Å². The maximum absolute atomic E-state index is 11.4. The number of hydrogen-bond acceptors (Lipinski definition) is 3. The number of fused-ring (bicyclic) bond motifs is 1. The van der Waals surface area contributed by atoms with Gasteiger partial charge in [0.25, 0.3) is 0 Å². The van der Waals surface area contributed by atoms with Crippen LogP contribution in [0.15, 0.2) is 24.3 Å². The Balaban J connectivity index is 1.96. The van der Waals surface area contributed by atoms with E-state index >= 15 is 0 Å². The minimum Gasteiger partial charge on any atom is -0.476 e. The molecular formula is C16H19N3O2. The van der Waals surface area contributed by atoms with E-state index in [1.54, 1.807) is 0 Å². The van der Waals surface area contributed by atoms with Crippen molar-refractivity contribution in [2.24, 2.45) is 0 Å². The van der Waals surface area contributed by atoms with Crippen LogP contribution >= 0.6 is 0 Å². The zero-order chi connectivity index (χ0) is 15.0. The highest BCUT2D eigenvalue weighted by Crippen LogP contribution is 2.27. The van der Waals surface area contributed by atoms with Crippen LogP contribution in [0.25, 0.3) is 0 Å². The van der Waals surface area contributed by atoms with Crippen molar-refractivity contribution in [2.75, 3.05) is 11.4 Å². The molecule has 1 aliphatic rings. The van der Waals surface area contributed by atoms with Gasteiger partial charge in [-0.25, -0.2) is 4.79 Å². The summed E-state index contributed by atoms with van der Waals surface area (Å²) < 4.78 is 1.82. The third-order valence-electron chi connectivity index (χ3n) is 4.04. The number of carbonyl (C=O) groups is 1. The first-order valence-electron chi connectivity index (χ1n) is 7.23. The quantitative estimate of drug-likeness (QED) is 0.941. The molecular weight excluding hydrogens is 266 g/mol. The van der Waals surface area contributed by atoms with Crippen LogP contribution in [0.1, 0.15) is 34.2 Å². The van der Waals surface area contributed by atoms with Crippen LogP contribution < -0.4 is 4.90 Å². The van der Waals surface area contributed by atoms with Crippen molar-refractivity contribution in [3.8, 4) is 0 Å². The Kier molecular flexibility index (Phi) is 3.41. The molecule has 2 heterocycles. The first-order valence-corrected chi connectivity index (χ1v) is 7.23. The molecule has 0 saturated heterocycles. The zero-order valence-corrected chi connectivity index (χ0v) is 12.3. The van der Waals surface area contributed by atoms with Gasteiger partial charge >= 0.3 is 5.97 Å². The van der Waals surface area contributed by atoms with Gasteiger partial charge in [0, 0.05) is 43.0 Å². The van der Waals surface area contributed by atoms with Gasteiger partial charge in [0.2, 0.25) is 0 Å². The second kappa shape index (κ2) is 5.24. The van der Waals surface area contributed by atoms with Gasteiger partial charge in [0.1, 0.15) is 0 Å². The van der Waals surface area contributed by atoms with Gasteiger partial charge in [-0.15, -0.1) is 0 Å². The lowest BCUT2D eigenvalue weighted by atomic mass is 10.0. The minimum atomic E-state index is -0.941. The van der Waals surface area contributed by atoms with Crippen LogP contribution in [-0.2, 0) is 19.5 Å². The molecule has 0 spiro atoms. The van der Waals surface area contributed by atoms with E-state index in [-0.39, 0.29) is 5.69 Å². The van der Waals surface area contributed by atoms with Crippen molar-refractivity contribution < 1.29 is 9.90 Å². The number of benzene rings is 1. The topological polar surface area (TPSA) is 58.4 Å². The van der Waals surface area contributed by atoms with E-state index in [0.29, 0.717) is 13.1 Å². The molecule has 110 valence electrons. The van der Waals surface area contributed by atoms with Gasteiger partial charge in [0.15, 0.2) is 5.69 Å². The Morgan fingerprint density at radius 2 is 2.05 bits per heavy atom. The maximum atomic E-state index is 11.4. The summed E-state index contributed by atoms with van der Waals surface area (Å²) in [6.45, 7) is 6.26. The Morgan fingerprint density at radius 3 is 2.67 bits per heavy atom. The Bertz CT molecular complexity index is 674. The Labute approximate surface area is 123 Å². The fourth-order valence-corrected chi connectivity index (χ4v) is 2.90. The summed E-state index contributed by atoms with van der Waals surface area (Å²) in [5, 5.41) is 13.6. The highest BCUT2D eigenvalue weighted by atomic mass is 16.4. The molecule has 3 rings (SSSR count). The van der Waals surface area contributed by atoms with Crippen LogP contribution in [0.3, 0.4) is 0 Å². The third kappa shape index (κ3) is 2.39. The van der Waals surface area contributed by atoms with Crippen LogP contribution in [-0.4, -0.2) is 27.4 Å². The Morgan fingerprint density at radius 1 is 1.33 bits per heavy atom. The summed E-state index contributed by atoms with van der Waals surface area (Å²) in [6, 6.07) is 8.34. The van der Waals surface area contributed by atoms with E-state index < -0.39 is 5.97 Å². The molecule has 0 aliphatic carbocycles. The molecule has 1 N–H and O–H groups in total. The van der Waals surface area contributed by atoms with Gasteiger partial charge in [-0.2, -0.15) is 5.10 Å². The minimum absolute atomic E-state index is 0.198. The molecule has 5 nitrogen and oxygen atoms in total. The number of aromatic carboxylic acids is 1. The summed E-state index contributed by atoms with van der Waals surface area (Å²) in [7, 11) is 0. The lowest BCUT2D eigenvalue weighted by molar-refractivity contribution is 0.0688. The highest BCUT2D eigenvalue weighted by molar-refractivity contribution is 5.87.